The van der Waals surface area contributed by atoms with Crippen molar-refractivity contribution >= 4 is 5.82 Å². The predicted molar refractivity (Wildman–Crippen MR) is 59.4 cm³/mol. The maximum Gasteiger partial charge on any atom is 0.351 e. The zero-order chi connectivity index (χ0) is 13.4. The van der Waals surface area contributed by atoms with Crippen LogP contribution in [0.5, 0.6) is 0 Å². The van der Waals surface area contributed by atoms with Gasteiger partial charge in [0, 0.05) is 6.20 Å². The molecule has 0 bridgehead atoms. The molecule has 0 radical (unpaired) electrons. The predicted octanol–water partition coefficient (Wildman–Crippen LogP) is -1.20. The molecule has 1 saturated heterocycles. The quantitative estimate of drug-likeness (QED) is 0.615. The highest BCUT2D eigenvalue weighted by molar-refractivity contribution is 5.23. The van der Waals surface area contributed by atoms with Gasteiger partial charge in [0.15, 0.2) is 12.4 Å². The molecule has 0 spiro atoms. The van der Waals surface area contributed by atoms with Gasteiger partial charge in [-0.15, -0.1) is 0 Å². The topological polar surface area (TPSA) is 111 Å². The van der Waals surface area contributed by atoms with Gasteiger partial charge in [0.1, 0.15) is 18.0 Å². The van der Waals surface area contributed by atoms with Gasteiger partial charge in [-0.25, -0.2) is 9.18 Å². The minimum atomic E-state index is -1.83. The van der Waals surface area contributed by atoms with Gasteiger partial charge in [0.25, 0.3) is 0 Å². The van der Waals surface area contributed by atoms with E-state index in [1.165, 1.54) is 19.2 Å². The van der Waals surface area contributed by atoms with E-state index in [1.54, 1.807) is 0 Å². The number of nitrogens with zero attached hydrogens (tertiary/aromatic N) is 2. The number of anilines is 1. The molecule has 0 amide bonds. The van der Waals surface area contributed by atoms with Crippen LogP contribution >= 0.6 is 0 Å². The zero-order valence-corrected chi connectivity index (χ0v) is 9.60. The van der Waals surface area contributed by atoms with Crippen LogP contribution in [0.4, 0.5) is 10.2 Å². The molecule has 2 heterocycles. The molecule has 0 aliphatic carbocycles. The summed E-state index contributed by atoms with van der Waals surface area (Å²) >= 11 is 0. The van der Waals surface area contributed by atoms with Crippen LogP contribution in [-0.4, -0.2) is 44.2 Å². The van der Waals surface area contributed by atoms with E-state index in [4.69, 9.17) is 10.5 Å². The Morgan fingerprint density at radius 2 is 2.33 bits per heavy atom. The number of rotatable bonds is 2. The summed E-state index contributed by atoms with van der Waals surface area (Å²) < 4.78 is 19.9. The molecule has 1 aromatic rings. The number of hydrogen-bond acceptors (Lipinski definition) is 6. The molecule has 1 aromatic heterocycles. The minimum absolute atomic E-state index is 0.0114. The maximum atomic E-state index is 13.9. The molecule has 0 aromatic carbocycles. The first-order valence-electron chi connectivity index (χ1n) is 5.42. The van der Waals surface area contributed by atoms with E-state index in [2.05, 4.69) is 4.98 Å². The fraction of sp³-hybridized carbons (Fsp3) is 0.600. The SMILES string of the molecule is CC(O)[C@H]1O[C@@H](n2ccc(N)nc2=O)[C@@H](F)[C@@H]1O. The molecular weight excluding hydrogens is 245 g/mol. The highest BCUT2D eigenvalue weighted by atomic mass is 19.1. The first-order chi connectivity index (χ1) is 8.41. The lowest BCUT2D eigenvalue weighted by Gasteiger charge is -2.17. The van der Waals surface area contributed by atoms with Crippen molar-refractivity contribution in [2.75, 3.05) is 5.73 Å². The number of aliphatic hydroxyl groups excluding tert-OH is 2. The molecule has 1 fully saturated rings. The Morgan fingerprint density at radius 3 is 2.83 bits per heavy atom. The maximum absolute atomic E-state index is 13.9. The van der Waals surface area contributed by atoms with Crippen LogP contribution < -0.4 is 11.4 Å². The number of halogens is 1. The van der Waals surface area contributed by atoms with Crippen molar-refractivity contribution in [3.63, 3.8) is 0 Å². The van der Waals surface area contributed by atoms with Gasteiger partial charge in [-0.2, -0.15) is 4.98 Å². The average molecular weight is 259 g/mol. The summed E-state index contributed by atoms with van der Waals surface area (Å²) in [6.45, 7) is 1.37. The average Bonchev–Trinajstić information content (AvgIpc) is 2.57. The number of hydrogen-bond donors (Lipinski definition) is 3. The molecule has 8 heteroatoms. The van der Waals surface area contributed by atoms with Crippen LogP contribution in [0.3, 0.4) is 0 Å². The fourth-order valence-electron chi connectivity index (χ4n) is 1.90. The molecule has 2 rings (SSSR count). The lowest BCUT2D eigenvalue weighted by molar-refractivity contribution is -0.0783. The third kappa shape index (κ3) is 2.09. The van der Waals surface area contributed by atoms with Gasteiger partial charge in [-0.3, -0.25) is 4.57 Å². The van der Waals surface area contributed by atoms with Gasteiger partial charge in [-0.1, -0.05) is 0 Å². The standard InChI is InChI=1S/C10H14FN3O4/c1-4(15)8-7(16)6(11)9(18-8)14-3-2-5(12)13-10(14)17/h2-4,6-9,15-16H,1H3,(H2,12,13,17)/t4?,6-,7-,8+,9+/m0/s1. The van der Waals surface area contributed by atoms with Crippen molar-refractivity contribution in [1.29, 1.82) is 0 Å². The first kappa shape index (κ1) is 12.9. The third-order valence-corrected chi connectivity index (χ3v) is 2.83. The van der Waals surface area contributed by atoms with E-state index < -0.39 is 36.4 Å². The number of ether oxygens (including phenoxy) is 1. The van der Waals surface area contributed by atoms with Gasteiger partial charge >= 0.3 is 5.69 Å². The Hall–Kier alpha value is -1.51. The van der Waals surface area contributed by atoms with Crippen LogP contribution in [0, 0.1) is 0 Å². The second-order valence-corrected chi connectivity index (χ2v) is 4.21. The number of nitrogen functional groups attached to an aromatic ring is 1. The molecule has 100 valence electrons. The summed E-state index contributed by atoms with van der Waals surface area (Å²) in [5.41, 5.74) is 4.54. The van der Waals surface area contributed by atoms with Crippen molar-refractivity contribution in [2.24, 2.45) is 0 Å². The Labute approximate surface area is 102 Å². The van der Waals surface area contributed by atoms with Crippen LogP contribution in [0.2, 0.25) is 0 Å². The number of aromatic nitrogens is 2. The van der Waals surface area contributed by atoms with E-state index in [0.29, 0.717) is 0 Å². The van der Waals surface area contributed by atoms with Crippen LogP contribution in [0.25, 0.3) is 0 Å². The monoisotopic (exact) mass is 259 g/mol. The Kier molecular flexibility index (Phi) is 3.33. The molecule has 0 saturated carbocycles. The van der Waals surface area contributed by atoms with E-state index >= 15 is 0 Å². The second kappa shape index (κ2) is 4.63. The highest BCUT2D eigenvalue weighted by Gasteiger charge is 2.47. The largest absolute Gasteiger partial charge is 0.391 e. The van der Waals surface area contributed by atoms with Gasteiger partial charge in [-0.05, 0) is 13.0 Å². The molecular formula is C10H14FN3O4. The fourth-order valence-corrected chi connectivity index (χ4v) is 1.90. The zero-order valence-electron chi connectivity index (χ0n) is 9.60. The Morgan fingerprint density at radius 1 is 1.67 bits per heavy atom. The Bertz CT molecular complexity index is 492. The van der Waals surface area contributed by atoms with Crippen molar-refractivity contribution in [3.8, 4) is 0 Å². The van der Waals surface area contributed by atoms with Crippen LogP contribution in [-0.2, 0) is 4.74 Å². The second-order valence-electron chi connectivity index (χ2n) is 4.21. The summed E-state index contributed by atoms with van der Waals surface area (Å²) in [5, 5.41) is 18.9. The van der Waals surface area contributed by atoms with Crippen LogP contribution in [0.15, 0.2) is 17.1 Å². The van der Waals surface area contributed by atoms with E-state index in [1.807, 2.05) is 0 Å². The molecule has 18 heavy (non-hydrogen) atoms. The number of aliphatic hydroxyl groups is 2. The Balaban J connectivity index is 2.32. The summed E-state index contributed by atoms with van der Waals surface area (Å²) in [5.74, 6) is 0.0114. The molecule has 1 aliphatic rings. The summed E-state index contributed by atoms with van der Waals surface area (Å²) in [6, 6.07) is 1.32. The summed E-state index contributed by atoms with van der Waals surface area (Å²) in [6.07, 6.45) is -5.55. The molecule has 1 unspecified atom stereocenters. The van der Waals surface area contributed by atoms with E-state index in [9.17, 15) is 19.4 Å². The van der Waals surface area contributed by atoms with Crippen molar-refractivity contribution < 1.29 is 19.3 Å². The van der Waals surface area contributed by atoms with Gasteiger partial charge in [0.2, 0.25) is 0 Å². The summed E-state index contributed by atoms with van der Waals surface area (Å²) in [7, 11) is 0. The minimum Gasteiger partial charge on any atom is -0.391 e. The van der Waals surface area contributed by atoms with Crippen molar-refractivity contribution in [1.82, 2.24) is 9.55 Å². The third-order valence-electron chi connectivity index (χ3n) is 2.83. The lowest BCUT2D eigenvalue weighted by Crippen LogP contribution is -2.36. The van der Waals surface area contributed by atoms with Gasteiger partial charge < -0.3 is 20.7 Å². The normalized spacial score (nSPS) is 33.6. The lowest BCUT2D eigenvalue weighted by atomic mass is 10.1. The molecule has 1 aliphatic heterocycles. The highest BCUT2D eigenvalue weighted by Crippen LogP contribution is 2.32. The molecule has 4 N–H and O–H groups in total. The smallest absolute Gasteiger partial charge is 0.351 e. The number of nitrogens with two attached hydrogens (primary N) is 1. The van der Waals surface area contributed by atoms with E-state index in [-0.39, 0.29) is 5.82 Å². The molecule has 5 atom stereocenters. The molecule has 7 nitrogen and oxygen atoms in total. The van der Waals surface area contributed by atoms with Crippen molar-refractivity contribution in [2.45, 2.75) is 37.6 Å². The summed E-state index contributed by atoms with van der Waals surface area (Å²) in [4.78, 5) is 15.0. The van der Waals surface area contributed by atoms with Crippen molar-refractivity contribution in [3.05, 3.63) is 22.7 Å². The van der Waals surface area contributed by atoms with Gasteiger partial charge in [0.05, 0.1) is 6.10 Å². The van der Waals surface area contributed by atoms with Crippen LogP contribution in [0.1, 0.15) is 13.2 Å². The number of alkyl halides is 1. The first-order valence-corrected chi connectivity index (χ1v) is 5.42. The van der Waals surface area contributed by atoms with E-state index in [0.717, 1.165) is 4.57 Å².